The highest BCUT2D eigenvalue weighted by Crippen LogP contribution is 2.24. The van der Waals surface area contributed by atoms with Gasteiger partial charge in [-0.2, -0.15) is 0 Å². The molecule has 0 aliphatic heterocycles. The maximum atomic E-state index is 13.4. The van der Waals surface area contributed by atoms with Gasteiger partial charge in [-0.1, -0.05) is 66.7 Å². The zero-order valence-corrected chi connectivity index (χ0v) is 20.6. The quantitative estimate of drug-likeness (QED) is 0.252. The van der Waals surface area contributed by atoms with E-state index in [9.17, 15) is 9.59 Å². The Hall–Kier alpha value is -4.52. The molecule has 3 N–H and O–H groups in total. The predicted octanol–water partition coefficient (Wildman–Crippen LogP) is 5.50. The third kappa shape index (κ3) is 5.67. The molecule has 0 aliphatic rings. The Labute approximate surface area is 214 Å². The number of carbonyl (C=O) groups excluding carboxylic acids is 2. The highest BCUT2D eigenvalue weighted by atomic mass is 16.6. The molecule has 2 aromatic heterocycles. The Kier molecular flexibility index (Phi) is 6.94. The van der Waals surface area contributed by atoms with Crippen LogP contribution in [0.5, 0.6) is 0 Å². The van der Waals surface area contributed by atoms with Gasteiger partial charge in [0, 0.05) is 35.5 Å². The first-order valence-electron chi connectivity index (χ1n) is 12.3. The van der Waals surface area contributed by atoms with Gasteiger partial charge in [-0.3, -0.25) is 4.79 Å². The van der Waals surface area contributed by atoms with Gasteiger partial charge < -0.3 is 24.8 Å². The molecule has 0 radical (unpaired) electrons. The van der Waals surface area contributed by atoms with E-state index in [-0.39, 0.29) is 18.9 Å². The van der Waals surface area contributed by atoms with E-state index in [1.54, 1.807) is 6.92 Å². The van der Waals surface area contributed by atoms with Crippen LogP contribution in [0.15, 0.2) is 95.5 Å². The van der Waals surface area contributed by atoms with Gasteiger partial charge in [0.05, 0.1) is 0 Å². The number of benzene rings is 3. The Morgan fingerprint density at radius 2 is 1.73 bits per heavy atom. The minimum Gasteiger partial charge on any atom is -0.457 e. The van der Waals surface area contributed by atoms with Gasteiger partial charge in [-0.15, -0.1) is 0 Å². The van der Waals surface area contributed by atoms with E-state index in [2.05, 4.69) is 15.6 Å². The number of alkyl carbamates (subject to hydrolysis) is 1. The largest absolute Gasteiger partial charge is 0.457 e. The van der Waals surface area contributed by atoms with Crippen LogP contribution >= 0.6 is 0 Å². The van der Waals surface area contributed by atoms with Crippen LogP contribution in [0.2, 0.25) is 0 Å². The lowest BCUT2D eigenvalue weighted by Crippen LogP contribution is -2.58. The second-order valence-corrected chi connectivity index (χ2v) is 9.31. The summed E-state index contributed by atoms with van der Waals surface area (Å²) in [4.78, 5) is 29.5. The summed E-state index contributed by atoms with van der Waals surface area (Å²) >= 11 is 0. The summed E-state index contributed by atoms with van der Waals surface area (Å²) in [5.74, 6) is 0.247. The van der Waals surface area contributed by atoms with E-state index >= 15 is 0 Å². The number of fused-ring (bicyclic) bond motifs is 2. The summed E-state index contributed by atoms with van der Waals surface area (Å²) in [5, 5.41) is 7.75. The van der Waals surface area contributed by atoms with Crippen molar-refractivity contribution in [2.24, 2.45) is 0 Å². The summed E-state index contributed by atoms with van der Waals surface area (Å²) in [6.45, 7) is 2.12. The summed E-state index contributed by atoms with van der Waals surface area (Å²) in [7, 11) is 0. The second-order valence-electron chi connectivity index (χ2n) is 9.31. The highest BCUT2D eigenvalue weighted by Gasteiger charge is 2.36. The fourth-order valence-electron chi connectivity index (χ4n) is 4.51. The van der Waals surface area contributed by atoms with Crippen LogP contribution in [0.1, 0.15) is 23.8 Å². The van der Waals surface area contributed by atoms with E-state index in [1.807, 2.05) is 91.1 Å². The van der Waals surface area contributed by atoms with Crippen molar-refractivity contribution in [1.29, 1.82) is 0 Å². The minimum absolute atomic E-state index is 0.0424. The number of hydrogen-bond donors (Lipinski definition) is 3. The number of nitrogens with one attached hydrogen (secondary N) is 3. The van der Waals surface area contributed by atoms with E-state index in [1.165, 1.54) is 0 Å². The monoisotopic (exact) mass is 495 g/mol. The molecule has 0 bridgehead atoms. The molecule has 2 heterocycles. The molecule has 7 nitrogen and oxygen atoms in total. The molecule has 7 heteroatoms. The number of aromatic amines is 1. The molecule has 0 fully saturated rings. The van der Waals surface area contributed by atoms with Crippen LogP contribution in [0, 0.1) is 0 Å². The van der Waals surface area contributed by atoms with Crippen molar-refractivity contribution in [3.63, 3.8) is 0 Å². The average Bonchev–Trinajstić information content (AvgIpc) is 3.52. The molecule has 5 rings (SSSR count). The lowest BCUT2D eigenvalue weighted by atomic mass is 9.91. The second kappa shape index (κ2) is 10.6. The smallest absolute Gasteiger partial charge is 0.408 e. The predicted molar refractivity (Wildman–Crippen MR) is 143 cm³/mol. The maximum Gasteiger partial charge on any atom is 0.408 e. The molecule has 3 aromatic carbocycles. The van der Waals surface area contributed by atoms with Crippen LogP contribution in [0.3, 0.4) is 0 Å². The third-order valence-electron chi connectivity index (χ3n) is 6.46. The Balaban J connectivity index is 1.29. The molecule has 188 valence electrons. The first-order chi connectivity index (χ1) is 18.0. The number of furan rings is 1. The zero-order valence-electron chi connectivity index (χ0n) is 20.6. The number of para-hydroxylation sites is 2. The molecular weight excluding hydrogens is 466 g/mol. The van der Waals surface area contributed by atoms with Crippen molar-refractivity contribution >= 4 is 33.9 Å². The fourth-order valence-corrected chi connectivity index (χ4v) is 4.51. The Bertz CT molecular complexity index is 1490. The lowest BCUT2D eigenvalue weighted by Gasteiger charge is -2.29. The number of rotatable bonds is 9. The van der Waals surface area contributed by atoms with E-state index in [0.717, 1.165) is 33.0 Å². The summed E-state index contributed by atoms with van der Waals surface area (Å²) < 4.78 is 11.2. The molecular formula is C30H29N3O4. The third-order valence-corrected chi connectivity index (χ3v) is 6.46. The van der Waals surface area contributed by atoms with Crippen LogP contribution in [-0.4, -0.2) is 29.1 Å². The fraction of sp³-hybridized carbons (Fsp3) is 0.200. The van der Waals surface area contributed by atoms with Gasteiger partial charge in [-0.25, -0.2) is 4.79 Å². The van der Waals surface area contributed by atoms with Crippen LogP contribution in [0.25, 0.3) is 21.9 Å². The standard InChI is InChI=1S/C30H29N3O4/c1-30(18-23-19-32-26-13-7-6-12-25(23)26,28(34)31-16-15-21-9-3-2-4-10-21)33-29(35)36-20-24-17-22-11-5-8-14-27(22)37-24/h2-14,17,19,32H,15-16,18,20H2,1H3,(H,31,34)(H,33,35). The van der Waals surface area contributed by atoms with Gasteiger partial charge in [-0.05, 0) is 42.7 Å². The molecule has 5 aromatic rings. The van der Waals surface area contributed by atoms with Gasteiger partial charge in [0.25, 0.3) is 0 Å². The van der Waals surface area contributed by atoms with E-state index in [4.69, 9.17) is 9.15 Å². The minimum atomic E-state index is -1.24. The summed E-state index contributed by atoms with van der Waals surface area (Å²) in [5.41, 5.74) is 2.50. The van der Waals surface area contributed by atoms with Crippen molar-refractivity contribution in [2.75, 3.05) is 6.54 Å². The molecule has 0 saturated heterocycles. The maximum absolute atomic E-state index is 13.4. The topological polar surface area (TPSA) is 96.4 Å². The van der Waals surface area contributed by atoms with Gasteiger partial charge >= 0.3 is 6.09 Å². The molecule has 0 aliphatic carbocycles. The number of H-pyrrole nitrogens is 1. The van der Waals surface area contributed by atoms with Crippen molar-refractivity contribution in [1.82, 2.24) is 15.6 Å². The van der Waals surface area contributed by atoms with Crippen molar-refractivity contribution in [3.05, 3.63) is 108 Å². The van der Waals surface area contributed by atoms with Crippen LogP contribution < -0.4 is 10.6 Å². The SMILES string of the molecule is CC(Cc1c[nH]c2ccccc12)(NC(=O)OCc1cc2ccccc2o1)C(=O)NCCc1ccccc1. The molecule has 37 heavy (non-hydrogen) atoms. The average molecular weight is 496 g/mol. The van der Waals surface area contributed by atoms with Gasteiger partial charge in [0.15, 0.2) is 6.61 Å². The van der Waals surface area contributed by atoms with Gasteiger partial charge in [0.1, 0.15) is 16.9 Å². The molecule has 2 amide bonds. The molecule has 1 atom stereocenters. The molecule has 1 unspecified atom stereocenters. The number of aromatic nitrogens is 1. The van der Waals surface area contributed by atoms with Crippen molar-refractivity contribution in [2.45, 2.75) is 31.9 Å². The normalized spacial score (nSPS) is 12.8. The first-order valence-corrected chi connectivity index (χ1v) is 12.3. The summed E-state index contributed by atoms with van der Waals surface area (Å²) in [6, 6.07) is 27.2. The molecule has 0 spiro atoms. The van der Waals surface area contributed by atoms with Crippen molar-refractivity contribution < 1.29 is 18.7 Å². The van der Waals surface area contributed by atoms with E-state index in [0.29, 0.717) is 18.7 Å². The molecule has 0 saturated carbocycles. The number of carbonyl (C=O) groups is 2. The lowest BCUT2D eigenvalue weighted by molar-refractivity contribution is -0.126. The van der Waals surface area contributed by atoms with Gasteiger partial charge in [0.2, 0.25) is 5.91 Å². The zero-order chi connectivity index (χ0) is 25.7. The van der Waals surface area contributed by atoms with Crippen LogP contribution in [0.4, 0.5) is 4.79 Å². The number of amides is 2. The van der Waals surface area contributed by atoms with E-state index < -0.39 is 11.6 Å². The highest BCUT2D eigenvalue weighted by molar-refractivity contribution is 5.91. The van der Waals surface area contributed by atoms with Crippen molar-refractivity contribution in [3.8, 4) is 0 Å². The number of hydrogen-bond acceptors (Lipinski definition) is 4. The Morgan fingerprint density at radius 3 is 2.57 bits per heavy atom. The van der Waals surface area contributed by atoms with Crippen LogP contribution in [-0.2, 0) is 29.0 Å². The Morgan fingerprint density at radius 1 is 0.973 bits per heavy atom. The number of ether oxygens (including phenoxy) is 1. The summed E-state index contributed by atoms with van der Waals surface area (Å²) in [6.07, 6.45) is 2.16. The first kappa shape index (κ1) is 24.2.